The fourth-order valence-electron chi connectivity index (χ4n) is 4.15. The fraction of sp³-hybridized carbons (Fsp3) is 0.120. The summed E-state index contributed by atoms with van der Waals surface area (Å²) in [6.45, 7) is 0.0278. The maximum Gasteiger partial charge on any atom is 0.291 e. The molecule has 4 aromatic rings. The SMILES string of the molecule is O=C1c2oc3ccccc3c(=O)c2C(c2cccc(Br)c2)N1CC(O)c1ccccc1. The standard InChI is InChI=1S/C25H18BrNO4/c26-17-10-6-9-16(13-17)22-21-23(29)18-11-4-5-12-20(18)31-24(21)25(30)27(22)14-19(28)15-7-2-1-3-8-15/h1-13,19,22,28H,14H2. The number of fused-ring (bicyclic) bond motifs is 2. The summed E-state index contributed by atoms with van der Waals surface area (Å²) >= 11 is 3.48. The van der Waals surface area contributed by atoms with E-state index in [0.29, 0.717) is 22.1 Å². The van der Waals surface area contributed by atoms with Crippen LogP contribution >= 0.6 is 15.9 Å². The minimum Gasteiger partial charge on any atom is -0.450 e. The van der Waals surface area contributed by atoms with Crippen LogP contribution in [0.25, 0.3) is 11.0 Å². The summed E-state index contributed by atoms with van der Waals surface area (Å²) in [6, 6.07) is 22.9. The Morgan fingerprint density at radius 1 is 0.968 bits per heavy atom. The van der Waals surface area contributed by atoms with Crippen molar-refractivity contribution >= 4 is 32.8 Å². The number of carbonyl (C=O) groups is 1. The molecule has 0 aliphatic carbocycles. The molecule has 2 unspecified atom stereocenters. The molecule has 0 spiro atoms. The van der Waals surface area contributed by atoms with E-state index in [-0.39, 0.29) is 17.7 Å². The highest BCUT2D eigenvalue weighted by atomic mass is 79.9. The zero-order valence-corrected chi connectivity index (χ0v) is 18.0. The molecule has 3 aromatic carbocycles. The molecule has 2 heterocycles. The van der Waals surface area contributed by atoms with Crippen molar-refractivity contribution in [1.29, 1.82) is 0 Å². The van der Waals surface area contributed by atoms with E-state index < -0.39 is 18.1 Å². The first-order valence-corrected chi connectivity index (χ1v) is 10.7. The monoisotopic (exact) mass is 475 g/mol. The van der Waals surface area contributed by atoms with Gasteiger partial charge in [-0.05, 0) is 35.4 Å². The molecule has 1 aliphatic heterocycles. The van der Waals surface area contributed by atoms with Gasteiger partial charge in [-0.1, -0.05) is 70.5 Å². The largest absolute Gasteiger partial charge is 0.450 e. The Morgan fingerprint density at radius 2 is 1.71 bits per heavy atom. The number of nitrogens with zero attached hydrogens (tertiary/aromatic N) is 1. The summed E-state index contributed by atoms with van der Waals surface area (Å²) in [5, 5.41) is 11.3. The van der Waals surface area contributed by atoms with Crippen LogP contribution in [0.3, 0.4) is 0 Å². The number of benzene rings is 3. The van der Waals surface area contributed by atoms with Crippen molar-refractivity contribution in [3.8, 4) is 0 Å². The number of carbonyl (C=O) groups excluding carboxylic acids is 1. The first kappa shape index (κ1) is 19.7. The van der Waals surface area contributed by atoms with E-state index in [2.05, 4.69) is 15.9 Å². The van der Waals surface area contributed by atoms with Crippen LogP contribution in [-0.2, 0) is 0 Å². The number of hydrogen-bond donors (Lipinski definition) is 1. The molecular formula is C25H18BrNO4. The van der Waals surface area contributed by atoms with Gasteiger partial charge in [0.25, 0.3) is 5.91 Å². The van der Waals surface area contributed by atoms with E-state index in [1.54, 1.807) is 24.3 Å². The number of β-amino-alcohol motifs (C(OH)–C–C–N with tert-alkyl or cyclic N) is 1. The third-order valence-corrected chi connectivity index (χ3v) is 6.08. The maximum absolute atomic E-state index is 13.4. The number of aliphatic hydroxyl groups excluding tert-OH is 1. The summed E-state index contributed by atoms with van der Waals surface area (Å²) in [5.41, 5.74) is 1.92. The third kappa shape index (κ3) is 3.38. The van der Waals surface area contributed by atoms with E-state index in [0.717, 1.165) is 10.0 Å². The quantitative estimate of drug-likeness (QED) is 0.458. The Balaban J connectivity index is 1.68. The lowest BCUT2D eigenvalue weighted by Gasteiger charge is -2.27. The lowest BCUT2D eigenvalue weighted by atomic mass is 9.98. The highest BCUT2D eigenvalue weighted by Gasteiger charge is 2.43. The van der Waals surface area contributed by atoms with E-state index in [4.69, 9.17) is 4.42 Å². The molecule has 31 heavy (non-hydrogen) atoms. The van der Waals surface area contributed by atoms with Gasteiger partial charge in [0.15, 0.2) is 5.43 Å². The Labute approximate surface area is 186 Å². The van der Waals surface area contributed by atoms with Gasteiger partial charge in [-0.15, -0.1) is 0 Å². The minimum absolute atomic E-state index is 0.0278. The Hall–Kier alpha value is -3.22. The molecule has 2 atom stereocenters. The molecule has 0 radical (unpaired) electrons. The zero-order chi connectivity index (χ0) is 21.5. The van der Waals surface area contributed by atoms with E-state index in [9.17, 15) is 14.7 Å². The number of halogens is 1. The second-order valence-electron chi connectivity index (χ2n) is 7.51. The summed E-state index contributed by atoms with van der Waals surface area (Å²) in [5.74, 6) is -0.369. The molecule has 1 aromatic heterocycles. The van der Waals surface area contributed by atoms with Crippen LogP contribution < -0.4 is 5.43 Å². The van der Waals surface area contributed by atoms with Crippen LogP contribution in [0, 0.1) is 0 Å². The molecule has 6 heteroatoms. The second-order valence-corrected chi connectivity index (χ2v) is 8.43. The lowest BCUT2D eigenvalue weighted by Crippen LogP contribution is -2.33. The molecule has 154 valence electrons. The number of para-hydroxylation sites is 1. The van der Waals surface area contributed by atoms with Crippen LogP contribution in [0.1, 0.15) is 39.4 Å². The van der Waals surface area contributed by atoms with Gasteiger partial charge in [0.1, 0.15) is 5.58 Å². The number of hydrogen-bond acceptors (Lipinski definition) is 4. The molecule has 0 saturated heterocycles. The molecule has 0 fully saturated rings. The fourth-order valence-corrected chi connectivity index (χ4v) is 4.56. The van der Waals surface area contributed by atoms with Crippen LogP contribution in [0.4, 0.5) is 0 Å². The smallest absolute Gasteiger partial charge is 0.291 e. The summed E-state index contributed by atoms with van der Waals surface area (Å²) in [6.07, 6.45) is -0.904. The van der Waals surface area contributed by atoms with Crippen molar-refractivity contribution in [2.45, 2.75) is 12.1 Å². The zero-order valence-electron chi connectivity index (χ0n) is 16.4. The van der Waals surface area contributed by atoms with E-state index in [1.165, 1.54) is 4.90 Å². The molecule has 5 rings (SSSR count). The van der Waals surface area contributed by atoms with Gasteiger partial charge >= 0.3 is 0 Å². The van der Waals surface area contributed by atoms with Crippen molar-refractivity contribution in [2.24, 2.45) is 0 Å². The van der Waals surface area contributed by atoms with Crippen molar-refractivity contribution in [3.05, 3.63) is 116 Å². The summed E-state index contributed by atoms with van der Waals surface area (Å²) in [4.78, 5) is 28.3. The molecule has 1 aliphatic rings. The van der Waals surface area contributed by atoms with Crippen LogP contribution in [0.5, 0.6) is 0 Å². The van der Waals surface area contributed by atoms with Gasteiger partial charge < -0.3 is 14.4 Å². The van der Waals surface area contributed by atoms with Crippen molar-refractivity contribution in [1.82, 2.24) is 4.90 Å². The summed E-state index contributed by atoms with van der Waals surface area (Å²) < 4.78 is 6.75. The highest BCUT2D eigenvalue weighted by molar-refractivity contribution is 9.10. The Morgan fingerprint density at radius 3 is 2.48 bits per heavy atom. The van der Waals surface area contributed by atoms with Crippen LogP contribution in [0.2, 0.25) is 0 Å². The Bertz CT molecular complexity index is 1350. The molecule has 1 amide bonds. The van der Waals surface area contributed by atoms with Gasteiger partial charge in [-0.2, -0.15) is 0 Å². The first-order chi connectivity index (χ1) is 15.0. The average molecular weight is 476 g/mol. The predicted octanol–water partition coefficient (Wildman–Crippen LogP) is 4.83. The molecule has 0 bridgehead atoms. The molecular weight excluding hydrogens is 458 g/mol. The normalized spacial score (nSPS) is 16.5. The molecule has 0 saturated carbocycles. The summed E-state index contributed by atoms with van der Waals surface area (Å²) in [7, 11) is 0. The van der Waals surface area contributed by atoms with E-state index >= 15 is 0 Å². The van der Waals surface area contributed by atoms with Gasteiger partial charge in [0, 0.05) is 4.47 Å². The average Bonchev–Trinajstić information content (AvgIpc) is 3.06. The lowest BCUT2D eigenvalue weighted by molar-refractivity contribution is 0.0583. The number of aliphatic hydroxyl groups is 1. The second kappa shape index (κ2) is 7.80. The van der Waals surface area contributed by atoms with Crippen molar-refractivity contribution in [2.75, 3.05) is 6.54 Å². The minimum atomic E-state index is -0.904. The van der Waals surface area contributed by atoms with E-state index in [1.807, 2.05) is 54.6 Å². The third-order valence-electron chi connectivity index (χ3n) is 5.59. The maximum atomic E-state index is 13.4. The number of amides is 1. The van der Waals surface area contributed by atoms with Gasteiger partial charge in [-0.3, -0.25) is 9.59 Å². The van der Waals surface area contributed by atoms with Crippen LogP contribution in [-0.4, -0.2) is 22.5 Å². The topological polar surface area (TPSA) is 70.8 Å². The predicted molar refractivity (Wildman–Crippen MR) is 121 cm³/mol. The molecule has 1 N–H and O–H groups in total. The highest BCUT2D eigenvalue weighted by Crippen LogP contribution is 2.39. The molecule has 5 nitrogen and oxygen atoms in total. The van der Waals surface area contributed by atoms with Crippen molar-refractivity contribution < 1.29 is 14.3 Å². The van der Waals surface area contributed by atoms with Gasteiger partial charge in [0.05, 0.1) is 29.6 Å². The van der Waals surface area contributed by atoms with Gasteiger partial charge in [0.2, 0.25) is 5.76 Å². The van der Waals surface area contributed by atoms with Crippen LogP contribution in [0.15, 0.2) is 92.5 Å². The Kier molecular flexibility index (Phi) is 4.96. The van der Waals surface area contributed by atoms with Crippen molar-refractivity contribution in [3.63, 3.8) is 0 Å². The number of rotatable bonds is 4. The first-order valence-electron chi connectivity index (χ1n) is 9.90. The van der Waals surface area contributed by atoms with Gasteiger partial charge in [-0.25, -0.2) is 0 Å².